The minimum atomic E-state index is -0.0176. The van der Waals surface area contributed by atoms with Gasteiger partial charge in [0.25, 0.3) is 0 Å². The zero-order valence-corrected chi connectivity index (χ0v) is 18.8. The normalized spacial score (nSPS) is 12.6. The van der Waals surface area contributed by atoms with Crippen LogP contribution in [0, 0.1) is 0 Å². The number of hydrogen-bond donors (Lipinski definition) is 0. The van der Waals surface area contributed by atoms with Gasteiger partial charge in [0.2, 0.25) is 0 Å². The Hall–Kier alpha value is -2.31. The van der Waals surface area contributed by atoms with Crippen LogP contribution in [0.2, 0.25) is 5.02 Å². The molecule has 4 aromatic rings. The van der Waals surface area contributed by atoms with Gasteiger partial charge in [-0.3, -0.25) is 0 Å². The summed E-state index contributed by atoms with van der Waals surface area (Å²) in [6, 6.07) is 26.2. The van der Waals surface area contributed by atoms with Crippen LogP contribution < -0.4 is 0 Å². The van der Waals surface area contributed by atoms with E-state index in [0.717, 1.165) is 16.8 Å². The molecule has 0 atom stereocenters. The highest BCUT2D eigenvalue weighted by Gasteiger charge is 2.25. The molecular weight excluding hydrogens is 372 g/mol. The fourth-order valence-electron chi connectivity index (χ4n) is 4.61. The third kappa shape index (κ3) is 3.67. The predicted octanol–water partition coefficient (Wildman–Crippen LogP) is 8.46. The fraction of sp³-hybridized carbons (Fsp3) is 0.286. The van der Waals surface area contributed by atoms with E-state index in [2.05, 4.69) is 101 Å². The van der Waals surface area contributed by atoms with Crippen molar-refractivity contribution >= 4 is 33.1 Å². The Morgan fingerprint density at radius 2 is 1.17 bits per heavy atom. The molecule has 0 fully saturated rings. The van der Waals surface area contributed by atoms with E-state index in [1.54, 1.807) is 0 Å². The number of fused-ring (bicyclic) bond motifs is 2. The van der Waals surface area contributed by atoms with Crippen LogP contribution in [-0.2, 0) is 17.3 Å². The molecule has 0 N–H and O–H groups in total. The average molecular weight is 401 g/mol. The van der Waals surface area contributed by atoms with Crippen LogP contribution in [0.4, 0.5) is 0 Å². The van der Waals surface area contributed by atoms with E-state index in [4.69, 9.17) is 11.6 Å². The first-order chi connectivity index (χ1) is 13.7. The molecule has 0 heterocycles. The van der Waals surface area contributed by atoms with E-state index in [-0.39, 0.29) is 10.8 Å². The van der Waals surface area contributed by atoms with E-state index in [9.17, 15) is 0 Å². The molecule has 0 radical (unpaired) electrons. The summed E-state index contributed by atoms with van der Waals surface area (Å²) in [6.45, 7) is 11.6. The van der Waals surface area contributed by atoms with Gasteiger partial charge in [-0.05, 0) is 56.2 Å². The van der Waals surface area contributed by atoms with Gasteiger partial charge in [0.15, 0.2) is 0 Å². The molecule has 148 valence electrons. The first kappa shape index (κ1) is 20.0. The SMILES string of the molecule is CC(C)(C)c1cccc2c(CC(C)(C)c3ccc(Cl)c4ccccc34)cccc12. The maximum atomic E-state index is 6.48. The highest BCUT2D eigenvalue weighted by Crippen LogP contribution is 2.38. The van der Waals surface area contributed by atoms with Crippen LogP contribution in [0.1, 0.15) is 51.3 Å². The third-order valence-corrected chi connectivity index (χ3v) is 6.38. The lowest BCUT2D eigenvalue weighted by Crippen LogP contribution is -2.21. The molecule has 4 rings (SSSR count). The van der Waals surface area contributed by atoms with Crippen molar-refractivity contribution in [2.75, 3.05) is 0 Å². The number of halogens is 1. The molecule has 0 bridgehead atoms. The Morgan fingerprint density at radius 3 is 1.90 bits per heavy atom. The van der Waals surface area contributed by atoms with Gasteiger partial charge >= 0.3 is 0 Å². The Balaban J connectivity index is 1.84. The van der Waals surface area contributed by atoms with Crippen LogP contribution in [-0.4, -0.2) is 0 Å². The summed E-state index contributed by atoms with van der Waals surface area (Å²) in [5.74, 6) is 0. The molecule has 0 amide bonds. The lowest BCUT2D eigenvalue weighted by Gasteiger charge is -2.29. The van der Waals surface area contributed by atoms with Crippen molar-refractivity contribution in [2.45, 2.75) is 51.9 Å². The number of rotatable bonds is 3. The third-order valence-electron chi connectivity index (χ3n) is 6.05. The number of benzene rings is 4. The summed E-state index contributed by atoms with van der Waals surface area (Å²) in [5, 5.41) is 5.94. The van der Waals surface area contributed by atoms with Crippen LogP contribution >= 0.6 is 11.6 Å². The minimum absolute atomic E-state index is 0.0176. The molecule has 0 saturated heterocycles. The van der Waals surface area contributed by atoms with Crippen molar-refractivity contribution < 1.29 is 0 Å². The topological polar surface area (TPSA) is 0 Å². The average Bonchev–Trinajstić information content (AvgIpc) is 2.67. The molecule has 29 heavy (non-hydrogen) atoms. The van der Waals surface area contributed by atoms with Crippen molar-refractivity contribution in [2.24, 2.45) is 0 Å². The summed E-state index contributed by atoms with van der Waals surface area (Å²) in [6.07, 6.45) is 0.976. The lowest BCUT2D eigenvalue weighted by molar-refractivity contribution is 0.529. The van der Waals surface area contributed by atoms with E-state index in [0.29, 0.717) is 0 Å². The molecule has 0 saturated carbocycles. The summed E-state index contributed by atoms with van der Waals surface area (Å²) < 4.78 is 0. The predicted molar refractivity (Wildman–Crippen MR) is 128 cm³/mol. The van der Waals surface area contributed by atoms with Gasteiger partial charge in [-0.2, -0.15) is 0 Å². The highest BCUT2D eigenvalue weighted by molar-refractivity contribution is 6.35. The largest absolute Gasteiger partial charge is 0.0837 e. The first-order valence-corrected chi connectivity index (χ1v) is 10.8. The molecule has 0 aliphatic rings. The van der Waals surface area contributed by atoms with Gasteiger partial charge in [-0.25, -0.2) is 0 Å². The summed E-state index contributed by atoms with van der Waals surface area (Å²) in [5.41, 5.74) is 4.27. The second-order valence-corrected chi connectivity index (χ2v) is 10.2. The smallest absolute Gasteiger partial charge is 0.0484 e. The van der Waals surface area contributed by atoms with Crippen LogP contribution in [0.25, 0.3) is 21.5 Å². The van der Waals surface area contributed by atoms with Crippen molar-refractivity contribution in [3.05, 3.63) is 94.5 Å². The summed E-state index contributed by atoms with van der Waals surface area (Å²) >= 11 is 6.48. The minimum Gasteiger partial charge on any atom is -0.0837 e. The molecule has 0 nitrogen and oxygen atoms in total. The van der Waals surface area contributed by atoms with Crippen molar-refractivity contribution in [3.8, 4) is 0 Å². The van der Waals surface area contributed by atoms with E-state index >= 15 is 0 Å². The second kappa shape index (κ2) is 7.18. The van der Waals surface area contributed by atoms with Gasteiger partial charge in [-0.15, -0.1) is 0 Å². The Bertz CT molecular complexity index is 1190. The molecule has 4 aromatic carbocycles. The van der Waals surface area contributed by atoms with Crippen molar-refractivity contribution in [3.63, 3.8) is 0 Å². The molecular formula is C28H29Cl. The molecule has 0 spiro atoms. The maximum Gasteiger partial charge on any atom is 0.0484 e. The maximum absolute atomic E-state index is 6.48. The van der Waals surface area contributed by atoms with Crippen LogP contribution in [0.15, 0.2) is 72.8 Å². The highest BCUT2D eigenvalue weighted by atomic mass is 35.5. The summed E-state index contributed by atoms with van der Waals surface area (Å²) in [4.78, 5) is 0. The molecule has 0 aromatic heterocycles. The monoisotopic (exact) mass is 400 g/mol. The number of hydrogen-bond acceptors (Lipinski definition) is 0. The van der Waals surface area contributed by atoms with Gasteiger partial charge in [0, 0.05) is 10.4 Å². The molecule has 0 unspecified atom stereocenters. The lowest BCUT2D eigenvalue weighted by atomic mass is 9.75. The zero-order valence-electron chi connectivity index (χ0n) is 18.0. The Labute approximate surface area is 179 Å². The van der Waals surface area contributed by atoms with Gasteiger partial charge in [0.1, 0.15) is 0 Å². The standard InChI is InChI=1S/C28H29Cl/c1-27(2,3)24-15-9-13-20-19(10-8-14-21(20)24)18-28(4,5)25-16-17-26(29)23-12-7-6-11-22(23)25/h6-17H,18H2,1-5H3. The molecule has 0 aliphatic carbocycles. The quantitative estimate of drug-likeness (QED) is 0.323. The summed E-state index contributed by atoms with van der Waals surface area (Å²) in [7, 11) is 0. The van der Waals surface area contributed by atoms with E-state index in [1.807, 2.05) is 6.07 Å². The van der Waals surface area contributed by atoms with Gasteiger partial charge in [-0.1, -0.05) is 113 Å². The van der Waals surface area contributed by atoms with Crippen molar-refractivity contribution in [1.82, 2.24) is 0 Å². The van der Waals surface area contributed by atoms with Crippen LogP contribution in [0.5, 0.6) is 0 Å². The Morgan fingerprint density at radius 1 is 0.586 bits per heavy atom. The molecule has 1 heteroatoms. The van der Waals surface area contributed by atoms with E-state index in [1.165, 1.54) is 32.8 Å². The second-order valence-electron chi connectivity index (χ2n) is 9.77. The van der Waals surface area contributed by atoms with Gasteiger partial charge < -0.3 is 0 Å². The Kier molecular flexibility index (Phi) is 4.95. The zero-order chi connectivity index (χ0) is 20.8. The van der Waals surface area contributed by atoms with Gasteiger partial charge in [0.05, 0.1) is 0 Å². The van der Waals surface area contributed by atoms with E-state index < -0.39 is 0 Å². The molecule has 0 aliphatic heterocycles. The van der Waals surface area contributed by atoms with Crippen molar-refractivity contribution in [1.29, 1.82) is 0 Å². The fourth-order valence-corrected chi connectivity index (χ4v) is 4.83. The first-order valence-electron chi connectivity index (χ1n) is 10.4. The van der Waals surface area contributed by atoms with Crippen LogP contribution in [0.3, 0.4) is 0 Å².